The second-order valence-electron chi connectivity index (χ2n) is 5.32. The molecule has 2 fully saturated rings. The zero-order valence-corrected chi connectivity index (χ0v) is 10.4. The average molecular weight is 232 g/mol. The first-order chi connectivity index (χ1) is 8.22. The van der Waals surface area contributed by atoms with E-state index in [2.05, 4.69) is 20.9 Å². The maximum atomic E-state index is 6.03. The predicted octanol–water partition coefficient (Wildman–Crippen LogP) is 1.59. The molecule has 2 N–H and O–H groups in total. The van der Waals surface area contributed by atoms with E-state index in [-0.39, 0.29) is 0 Å². The number of nitrogens with two attached hydrogens (primary N) is 1. The maximum Gasteiger partial charge on any atom is 0.132 e. The van der Waals surface area contributed by atoms with Crippen LogP contribution in [0.1, 0.15) is 43.1 Å². The highest BCUT2D eigenvalue weighted by Gasteiger charge is 2.27. The van der Waals surface area contributed by atoms with Crippen LogP contribution in [-0.4, -0.2) is 29.1 Å². The van der Waals surface area contributed by atoms with E-state index >= 15 is 0 Å². The van der Waals surface area contributed by atoms with Crippen LogP contribution in [0.2, 0.25) is 0 Å². The summed E-state index contributed by atoms with van der Waals surface area (Å²) in [6.45, 7) is 3.99. The summed E-state index contributed by atoms with van der Waals surface area (Å²) in [7, 11) is 0. The minimum Gasteiger partial charge on any atom is -0.355 e. The number of piperidine rings is 1. The van der Waals surface area contributed by atoms with E-state index in [9.17, 15) is 0 Å². The van der Waals surface area contributed by atoms with Gasteiger partial charge in [0.15, 0.2) is 0 Å². The first-order valence-electron chi connectivity index (χ1n) is 6.58. The fraction of sp³-hybridized carbons (Fsp3) is 0.692. The maximum absolute atomic E-state index is 6.03. The van der Waals surface area contributed by atoms with Crippen molar-refractivity contribution < 1.29 is 0 Å². The fourth-order valence-corrected chi connectivity index (χ4v) is 2.54. The summed E-state index contributed by atoms with van der Waals surface area (Å²) in [5.74, 6) is 2.66. The molecule has 0 amide bonds. The zero-order valence-electron chi connectivity index (χ0n) is 10.4. The SMILES string of the molecule is Cc1nc(C2CC2)cc(N2CCC[C@H](N)C2)n1. The highest BCUT2D eigenvalue weighted by Crippen LogP contribution is 2.39. The van der Waals surface area contributed by atoms with Crippen molar-refractivity contribution >= 4 is 5.82 Å². The molecule has 1 saturated carbocycles. The summed E-state index contributed by atoms with van der Waals surface area (Å²) in [6.07, 6.45) is 4.88. The molecule has 1 aliphatic carbocycles. The molecule has 1 aromatic rings. The van der Waals surface area contributed by atoms with Crippen LogP contribution in [-0.2, 0) is 0 Å². The number of anilines is 1. The summed E-state index contributed by atoms with van der Waals surface area (Å²) in [5.41, 5.74) is 7.25. The predicted molar refractivity (Wildman–Crippen MR) is 68.2 cm³/mol. The Kier molecular flexibility index (Phi) is 2.74. The van der Waals surface area contributed by atoms with Gasteiger partial charge in [0.05, 0.1) is 0 Å². The van der Waals surface area contributed by atoms with Crippen molar-refractivity contribution in [3.8, 4) is 0 Å². The van der Waals surface area contributed by atoms with Crippen LogP contribution in [0.5, 0.6) is 0 Å². The molecule has 92 valence electrons. The first kappa shape index (κ1) is 11.0. The molecule has 1 atom stereocenters. The molecule has 0 unspecified atom stereocenters. The lowest BCUT2D eigenvalue weighted by Crippen LogP contribution is -2.43. The Morgan fingerprint density at radius 3 is 2.82 bits per heavy atom. The summed E-state index contributed by atoms with van der Waals surface area (Å²) in [6, 6.07) is 2.46. The van der Waals surface area contributed by atoms with Gasteiger partial charge in [-0.25, -0.2) is 9.97 Å². The molecule has 1 saturated heterocycles. The number of hydrogen-bond acceptors (Lipinski definition) is 4. The van der Waals surface area contributed by atoms with Gasteiger partial charge in [0, 0.05) is 36.8 Å². The summed E-state index contributed by atoms with van der Waals surface area (Å²) < 4.78 is 0. The molecule has 1 aromatic heterocycles. The smallest absolute Gasteiger partial charge is 0.132 e. The van der Waals surface area contributed by atoms with Crippen LogP contribution in [0, 0.1) is 6.92 Å². The van der Waals surface area contributed by atoms with Gasteiger partial charge in [-0.1, -0.05) is 0 Å². The number of hydrogen-bond donors (Lipinski definition) is 1. The molecule has 4 heteroatoms. The van der Waals surface area contributed by atoms with E-state index in [1.54, 1.807) is 0 Å². The van der Waals surface area contributed by atoms with Crippen molar-refractivity contribution in [1.82, 2.24) is 9.97 Å². The first-order valence-corrected chi connectivity index (χ1v) is 6.58. The van der Waals surface area contributed by atoms with Crippen LogP contribution in [0.3, 0.4) is 0 Å². The third kappa shape index (κ3) is 2.41. The van der Waals surface area contributed by atoms with Gasteiger partial charge in [-0.05, 0) is 32.6 Å². The Hall–Kier alpha value is -1.16. The van der Waals surface area contributed by atoms with Gasteiger partial charge in [-0.2, -0.15) is 0 Å². The lowest BCUT2D eigenvalue weighted by Gasteiger charge is -2.31. The van der Waals surface area contributed by atoms with Gasteiger partial charge in [0.1, 0.15) is 11.6 Å². The second-order valence-corrected chi connectivity index (χ2v) is 5.32. The Labute approximate surface area is 102 Å². The van der Waals surface area contributed by atoms with E-state index in [0.717, 1.165) is 31.2 Å². The van der Waals surface area contributed by atoms with Crippen molar-refractivity contribution in [3.05, 3.63) is 17.6 Å². The third-order valence-electron chi connectivity index (χ3n) is 3.62. The molecule has 17 heavy (non-hydrogen) atoms. The van der Waals surface area contributed by atoms with Crippen molar-refractivity contribution in [1.29, 1.82) is 0 Å². The standard InChI is InChI=1S/C13H20N4/c1-9-15-12(10-4-5-10)7-13(16-9)17-6-2-3-11(14)8-17/h7,10-11H,2-6,8,14H2,1H3/t11-/m0/s1. The van der Waals surface area contributed by atoms with Gasteiger partial charge in [0.2, 0.25) is 0 Å². The average Bonchev–Trinajstić information content (AvgIpc) is 3.12. The lowest BCUT2D eigenvalue weighted by molar-refractivity contribution is 0.502. The second kappa shape index (κ2) is 4.26. The Bertz CT molecular complexity index is 414. The number of aryl methyl sites for hydroxylation is 1. The third-order valence-corrected chi connectivity index (χ3v) is 3.62. The molecule has 3 rings (SSSR count). The monoisotopic (exact) mass is 232 g/mol. The van der Waals surface area contributed by atoms with Gasteiger partial charge in [-0.3, -0.25) is 0 Å². The zero-order chi connectivity index (χ0) is 11.8. The van der Waals surface area contributed by atoms with E-state index in [0.29, 0.717) is 12.0 Å². The Balaban J connectivity index is 1.85. The van der Waals surface area contributed by atoms with Gasteiger partial charge < -0.3 is 10.6 Å². The van der Waals surface area contributed by atoms with Crippen LogP contribution >= 0.6 is 0 Å². The Morgan fingerprint density at radius 1 is 1.29 bits per heavy atom. The molecule has 2 heterocycles. The quantitative estimate of drug-likeness (QED) is 0.841. The van der Waals surface area contributed by atoms with Crippen LogP contribution < -0.4 is 10.6 Å². The Morgan fingerprint density at radius 2 is 2.12 bits per heavy atom. The van der Waals surface area contributed by atoms with Gasteiger partial charge in [-0.15, -0.1) is 0 Å². The number of nitrogens with zero attached hydrogens (tertiary/aromatic N) is 3. The summed E-state index contributed by atoms with van der Waals surface area (Å²) in [4.78, 5) is 11.4. The number of rotatable bonds is 2. The topological polar surface area (TPSA) is 55.0 Å². The van der Waals surface area contributed by atoms with Crippen molar-refractivity contribution in [2.75, 3.05) is 18.0 Å². The summed E-state index contributed by atoms with van der Waals surface area (Å²) >= 11 is 0. The van der Waals surface area contributed by atoms with Crippen molar-refractivity contribution in [2.45, 2.75) is 44.6 Å². The van der Waals surface area contributed by atoms with Gasteiger partial charge >= 0.3 is 0 Å². The van der Waals surface area contributed by atoms with Crippen molar-refractivity contribution in [3.63, 3.8) is 0 Å². The van der Waals surface area contributed by atoms with Crippen LogP contribution in [0.4, 0.5) is 5.82 Å². The largest absolute Gasteiger partial charge is 0.355 e. The molecule has 1 aliphatic heterocycles. The van der Waals surface area contributed by atoms with Crippen molar-refractivity contribution in [2.24, 2.45) is 5.73 Å². The van der Waals surface area contributed by atoms with E-state index in [1.165, 1.54) is 25.0 Å². The molecule has 0 radical (unpaired) electrons. The highest BCUT2D eigenvalue weighted by atomic mass is 15.2. The molecule has 4 nitrogen and oxygen atoms in total. The molecule has 2 aliphatic rings. The highest BCUT2D eigenvalue weighted by molar-refractivity contribution is 5.42. The van der Waals surface area contributed by atoms with E-state index in [4.69, 9.17) is 5.73 Å². The van der Waals surface area contributed by atoms with Crippen LogP contribution in [0.15, 0.2) is 6.07 Å². The van der Waals surface area contributed by atoms with Gasteiger partial charge in [0.25, 0.3) is 0 Å². The minimum atomic E-state index is 0.295. The lowest BCUT2D eigenvalue weighted by atomic mass is 10.1. The normalized spacial score (nSPS) is 25.1. The molecule has 0 bridgehead atoms. The molecular formula is C13H20N4. The molecule has 0 aromatic carbocycles. The minimum absolute atomic E-state index is 0.295. The molecule has 0 spiro atoms. The summed E-state index contributed by atoms with van der Waals surface area (Å²) in [5, 5.41) is 0. The number of aromatic nitrogens is 2. The fourth-order valence-electron chi connectivity index (χ4n) is 2.54. The van der Waals surface area contributed by atoms with E-state index in [1.807, 2.05) is 6.92 Å². The van der Waals surface area contributed by atoms with E-state index < -0.39 is 0 Å². The molecular weight excluding hydrogens is 212 g/mol. The van der Waals surface area contributed by atoms with Crippen LogP contribution in [0.25, 0.3) is 0 Å².